The van der Waals surface area contributed by atoms with Gasteiger partial charge in [-0.1, -0.05) is 35.5 Å². The van der Waals surface area contributed by atoms with E-state index in [1.807, 2.05) is 49.5 Å². The van der Waals surface area contributed by atoms with Crippen LogP contribution in [0.25, 0.3) is 20.7 Å². The molecule has 0 unspecified atom stereocenters. The van der Waals surface area contributed by atoms with E-state index in [4.69, 9.17) is 9.90 Å². The second-order valence-electron chi connectivity index (χ2n) is 8.58. The predicted octanol–water partition coefficient (Wildman–Crippen LogP) is 3.11. The minimum absolute atomic E-state index is 0.0921. The average Bonchev–Trinajstić information content (AvgIpc) is 3.55. The number of fused-ring (bicyclic) bond motifs is 1. The molecule has 0 radical (unpaired) electrons. The van der Waals surface area contributed by atoms with E-state index in [0.717, 1.165) is 36.4 Å². The van der Waals surface area contributed by atoms with Crippen LogP contribution in [0.15, 0.2) is 52.2 Å². The Hall–Kier alpha value is -3.78. The van der Waals surface area contributed by atoms with E-state index in [2.05, 4.69) is 15.6 Å². The number of alkyl halides is 3. The first-order chi connectivity index (χ1) is 18.1. The molecule has 10 nitrogen and oxygen atoms in total. The zero-order valence-corrected chi connectivity index (χ0v) is 21.1. The first-order valence-electron chi connectivity index (χ1n) is 11.8. The van der Waals surface area contributed by atoms with Crippen LogP contribution >= 0.6 is 11.3 Å². The van der Waals surface area contributed by atoms with Crippen molar-refractivity contribution in [1.82, 2.24) is 29.4 Å². The number of aromatic nitrogens is 5. The van der Waals surface area contributed by atoms with Gasteiger partial charge in [-0.25, -0.2) is 9.59 Å². The van der Waals surface area contributed by atoms with Gasteiger partial charge < -0.3 is 10.4 Å². The number of benzene rings is 1. The van der Waals surface area contributed by atoms with Crippen molar-refractivity contribution >= 4 is 27.5 Å². The molecule has 0 aliphatic carbocycles. The van der Waals surface area contributed by atoms with Crippen molar-refractivity contribution in [3.05, 3.63) is 69.1 Å². The monoisotopic (exact) mass is 550 g/mol. The SMILES string of the molecule is CCn1cc(Cn2c(=O)n(C3CCNCC3)c(=O)c3sc(-c4ccccc4)cc32)nn1.O=C(O)C(F)(F)F. The molecule has 1 aliphatic heterocycles. The van der Waals surface area contributed by atoms with Gasteiger partial charge in [-0.15, -0.1) is 16.4 Å². The Morgan fingerprint density at radius 1 is 1.18 bits per heavy atom. The Labute approximate surface area is 217 Å². The van der Waals surface area contributed by atoms with Crippen LogP contribution in [-0.2, 0) is 17.9 Å². The van der Waals surface area contributed by atoms with Crippen LogP contribution in [0.1, 0.15) is 31.5 Å². The highest BCUT2D eigenvalue weighted by Crippen LogP contribution is 2.32. The number of aryl methyl sites for hydroxylation is 1. The molecule has 4 heterocycles. The molecular formula is C24H25F3N6O4S. The molecule has 0 saturated carbocycles. The number of halogens is 3. The summed E-state index contributed by atoms with van der Waals surface area (Å²) in [6.45, 7) is 4.59. The third-order valence-corrected chi connectivity index (χ3v) is 7.22. The third kappa shape index (κ3) is 5.86. The summed E-state index contributed by atoms with van der Waals surface area (Å²) >= 11 is 1.45. The number of nitrogens with one attached hydrogen (secondary N) is 1. The lowest BCUT2D eigenvalue weighted by molar-refractivity contribution is -0.192. The smallest absolute Gasteiger partial charge is 0.475 e. The second-order valence-corrected chi connectivity index (χ2v) is 9.64. The van der Waals surface area contributed by atoms with Gasteiger partial charge in [0, 0.05) is 17.5 Å². The van der Waals surface area contributed by atoms with Gasteiger partial charge in [0.15, 0.2) is 0 Å². The van der Waals surface area contributed by atoms with Crippen molar-refractivity contribution < 1.29 is 23.1 Å². The lowest BCUT2D eigenvalue weighted by Crippen LogP contribution is -2.45. The lowest BCUT2D eigenvalue weighted by Gasteiger charge is -2.24. The summed E-state index contributed by atoms with van der Waals surface area (Å²) < 4.78 is 37.2. The summed E-state index contributed by atoms with van der Waals surface area (Å²) in [4.78, 5) is 36.9. The number of carbonyl (C=O) groups is 1. The number of carboxylic acid groups (broad SMARTS) is 1. The van der Waals surface area contributed by atoms with Gasteiger partial charge in [0.05, 0.1) is 18.3 Å². The highest BCUT2D eigenvalue weighted by molar-refractivity contribution is 7.22. The predicted molar refractivity (Wildman–Crippen MR) is 135 cm³/mol. The van der Waals surface area contributed by atoms with Crippen LogP contribution in [0.3, 0.4) is 0 Å². The van der Waals surface area contributed by atoms with E-state index in [9.17, 15) is 22.8 Å². The number of thiophene rings is 1. The van der Waals surface area contributed by atoms with Crippen LogP contribution in [-0.4, -0.2) is 54.5 Å². The van der Waals surface area contributed by atoms with Gasteiger partial charge in [-0.2, -0.15) is 13.2 Å². The zero-order valence-electron chi connectivity index (χ0n) is 20.3. The van der Waals surface area contributed by atoms with Crippen LogP contribution in [0.2, 0.25) is 0 Å². The van der Waals surface area contributed by atoms with Crippen LogP contribution < -0.4 is 16.6 Å². The first-order valence-corrected chi connectivity index (χ1v) is 12.7. The fourth-order valence-electron chi connectivity index (χ4n) is 4.18. The summed E-state index contributed by atoms with van der Waals surface area (Å²) in [5, 5.41) is 18.8. The number of rotatable bonds is 5. The summed E-state index contributed by atoms with van der Waals surface area (Å²) in [6, 6.07) is 11.8. The van der Waals surface area contributed by atoms with Gasteiger partial charge in [-0.3, -0.25) is 18.6 Å². The normalized spacial score (nSPS) is 14.3. The van der Waals surface area contributed by atoms with Gasteiger partial charge >= 0.3 is 17.8 Å². The zero-order chi connectivity index (χ0) is 27.4. The molecule has 4 aromatic rings. The molecule has 1 aromatic carbocycles. The standard InChI is InChI=1S/C22H24N6O2S.C2HF3O2/c1-2-26-13-16(24-25-26)14-27-18-12-19(15-6-4-3-5-7-15)31-20(18)21(29)28(22(27)30)17-8-10-23-11-9-17;3-2(4,5)1(6)7/h3-7,12-13,17,23H,2,8-11,14H2,1H3;(H,6,7). The fraction of sp³-hybridized carbons (Fsp3) is 0.375. The molecule has 202 valence electrons. The molecule has 1 saturated heterocycles. The molecule has 5 rings (SSSR count). The molecule has 0 spiro atoms. The Balaban J connectivity index is 0.000000426. The quantitative estimate of drug-likeness (QED) is 0.391. The number of piperidine rings is 1. The Bertz CT molecular complexity index is 1530. The minimum Gasteiger partial charge on any atom is -0.475 e. The number of aliphatic carboxylic acids is 1. The van der Waals surface area contributed by atoms with Crippen molar-refractivity contribution in [2.24, 2.45) is 0 Å². The average molecular weight is 551 g/mol. The topological polar surface area (TPSA) is 124 Å². The number of carboxylic acids is 1. The van der Waals surface area contributed by atoms with Crippen molar-refractivity contribution in [3.63, 3.8) is 0 Å². The lowest BCUT2D eigenvalue weighted by atomic mass is 10.1. The van der Waals surface area contributed by atoms with Gasteiger partial charge in [0.1, 0.15) is 10.4 Å². The largest absolute Gasteiger partial charge is 0.490 e. The third-order valence-electron chi connectivity index (χ3n) is 6.06. The summed E-state index contributed by atoms with van der Waals surface area (Å²) in [5.41, 5.74) is 1.94. The van der Waals surface area contributed by atoms with E-state index in [1.54, 1.807) is 9.25 Å². The summed E-state index contributed by atoms with van der Waals surface area (Å²) in [7, 11) is 0. The van der Waals surface area contributed by atoms with Gasteiger partial charge in [-0.05, 0) is 44.5 Å². The maximum Gasteiger partial charge on any atom is 0.490 e. The molecule has 1 aliphatic rings. The second kappa shape index (κ2) is 11.3. The van der Waals surface area contributed by atoms with Crippen molar-refractivity contribution in [2.45, 2.75) is 45.1 Å². The molecule has 0 bridgehead atoms. The number of hydrogen-bond acceptors (Lipinski definition) is 7. The maximum absolute atomic E-state index is 13.6. The van der Waals surface area contributed by atoms with E-state index >= 15 is 0 Å². The van der Waals surface area contributed by atoms with Gasteiger partial charge in [0.2, 0.25) is 0 Å². The Kier molecular flexibility index (Phi) is 8.11. The van der Waals surface area contributed by atoms with Crippen molar-refractivity contribution in [3.8, 4) is 10.4 Å². The Morgan fingerprint density at radius 2 is 1.84 bits per heavy atom. The van der Waals surface area contributed by atoms with Crippen LogP contribution in [0.4, 0.5) is 13.2 Å². The van der Waals surface area contributed by atoms with Crippen LogP contribution in [0.5, 0.6) is 0 Å². The molecule has 38 heavy (non-hydrogen) atoms. The highest BCUT2D eigenvalue weighted by Gasteiger charge is 2.38. The van der Waals surface area contributed by atoms with E-state index in [1.165, 1.54) is 15.9 Å². The molecule has 3 aromatic heterocycles. The van der Waals surface area contributed by atoms with Crippen molar-refractivity contribution in [2.75, 3.05) is 13.1 Å². The summed E-state index contributed by atoms with van der Waals surface area (Å²) in [6.07, 6.45) is -1.70. The van der Waals surface area contributed by atoms with Gasteiger partial charge in [0.25, 0.3) is 5.56 Å². The van der Waals surface area contributed by atoms with E-state index in [0.29, 0.717) is 22.5 Å². The molecule has 14 heteroatoms. The molecule has 0 amide bonds. The minimum atomic E-state index is -5.08. The maximum atomic E-state index is 13.6. The molecule has 1 fully saturated rings. The molecule has 2 N–H and O–H groups in total. The van der Waals surface area contributed by atoms with E-state index < -0.39 is 12.1 Å². The highest BCUT2D eigenvalue weighted by atomic mass is 32.1. The van der Waals surface area contributed by atoms with E-state index in [-0.39, 0.29) is 23.8 Å². The number of hydrogen-bond donors (Lipinski definition) is 2. The Morgan fingerprint density at radius 3 is 2.42 bits per heavy atom. The fourth-order valence-corrected chi connectivity index (χ4v) is 5.28. The first kappa shape index (κ1) is 27.3. The summed E-state index contributed by atoms with van der Waals surface area (Å²) in [5.74, 6) is -2.76. The number of nitrogens with zero attached hydrogens (tertiary/aromatic N) is 5. The van der Waals surface area contributed by atoms with Crippen LogP contribution in [0, 0.1) is 0 Å². The molecular weight excluding hydrogens is 525 g/mol. The molecule has 0 atom stereocenters. The van der Waals surface area contributed by atoms with Crippen molar-refractivity contribution in [1.29, 1.82) is 0 Å².